The van der Waals surface area contributed by atoms with Gasteiger partial charge in [-0.3, -0.25) is 24.1 Å². The van der Waals surface area contributed by atoms with Crippen LogP contribution >= 0.6 is 0 Å². The number of morpholine rings is 1. The van der Waals surface area contributed by atoms with Crippen molar-refractivity contribution in [2.45, 2.75) is 72.2 Å². The number of methoxy groups -OCH3 is 1. The van der Waals surface area contributed by atoms with Crippen LogP contribution in [-0.4, -0.2) is 104 Å². The predicted octanol–water partition coefficient (Wildman–Crippen LogP) is 2.28. The molecule has 3 N–H and O–H groups in total. The third kappa shape index (κ3) is 13.4. The van der Waals surface area contributed by atoms with E-state index in [9.17, 15) is 19.2 Å². The Kier molecular flexibility index (Phi) is 16.6. The fourth-order valence-corrected chi connectivity index (χ4v) is 4.45. The summed E-state index contributed by atoms with van der Waals surface area (Å²) in [5.41, 5.74) is 0.482. The van der Waals surface area contributed by atoms with Crippen molar-refractivity contribution in [2.24, 2.45) is 5.92 Å². The molecular formula is C33H51N5O8. The van der Waals surface area contributed by atoms with E-state index in [0.29, 0.717) is 38.5 Å². The zero-order valence-corrected chi connectivity index (χ0v) is 28.2. The van der Waals surface area contributed by atoms with Gasteiger partial charge < -0.3 is 34.7 Å². The van der Waals surface area contributed by atoms with Crippen LogP contribution in [0.15, 0.2) is 40.9 Å². The van der Waals surface area contributed by atoms with Crippen LogP contribution in [-0.2, 0) is 35.1 Å². The fraction of sp³-hybridized carbons (Fsp3) is 0.606. The van der Waals surface area contributed by atoms with E-state index in [0.717, 1.165) is 13.1 Å². The van der Waals surface area contributed by atoms with Crippen LogP contribution in [0.4, 0.5) is 0 Å². The summed E-state index contributed by atoms with van der Waals surface area (Å²) in [4.78, 5) is 52.7. The molecule has 0 bridgehead atoms. The van der Waals surface area contributed by atoms with E-state index in [1.165, 1.54) is 18.7 Å². The third-order valence-electron chi connectivity index (χ3n) is 7.05. The second-order valence-corrected chi connectivity index (χ2v) is 11.6. The zero-order valence-electron chi connectivity index (χ0n) is 28.2. The number of hydrogen-bond donors (Lipinski definition) is 3. The molecule has 0 saturated carbocycles. The molecule has 2 saturated heterocycles. The van der Waals surface area contributed by atoms with Crippen molar-refractivity contribution >= 4 is 23.5 Å². The molecule has 2 aromatic rings. The van der Waals surface area contributed by atoms with E-state index in [1.54, 1.807) is 6.92 Å². The second-order valence-electron chi connectivity index (χ2n) is 11.6. The molecule has 256 valence electrons. The summed E-state index contributed by atoms with van der Waals surface area (Å²) in [6.45, 7) is 14.8. The summed E-state index contributed by atoms with van der Waals surface area (Å²) in [6.07, 6.45) is 0.449. The van der Waals surface area contributed by atoms with Gasteiger partial charge in [0.05, 0.1) is 45.6 Å². The first-order valence-electron chi connectivity index (χ1n) is 15.8. The lowest BCUT2D eigenvalue weighted by Crippen LogP contribution is -2.53. The minimum atomic E-state index is -1.07. The van der Waals surface area contributed by atoms with Gasteiger partial charge in [-0.2, -0.15) is 0 Å². The Morgan fingerprint density at radius 2 is 1.70 bits per heavy atom. The van der Waals surface area contributed by atoms with Crippen LogP contribution in [0, 0.1) is 12.8 Å². The topological polar surface area (TPSA) is 165 Å². The first kappa shape index (κ1) is 38.5. The molecule has 3 amide bonds. The number of amides is 3. The second kappa shape index (κ2) is 19.8. The maximum atomic E-state index is 12.7. The van der Waals surface area contributed by atoms with Gasteiger partial charge in [-0.05, 0) is 26.2 Å². The summed E-state index contributed by atoms with van der Waals surface area (Å²) in [6, 6.07) is 10.00. The van der Waals surface area contributed by atoms with Crippen molar-refractivity contribution in [3.8, 4) is 0 Å². The first-order valence-corrected chi connectivity index (χ1v) is 15.8. The van der Waals surface area contributed by atoms with Crippen LogP contribution in [0.2, 0.25) is 0 Å². The Morgan fingerprint density at radius 3 is 2.24 bits per heavy atom. The lowest BCUT2D eigenvalue weighted by Gasteiger charge is -2.25. The summed E-state index contributed by atoms with van der Waals surface area (Å²) < 4.78 is 20.9. The monoisotopic (exact) mass is 645 g/mol. The van der Waals surface area contributed by atoms with Crippen molar-refractivity contribution in [3.63, 3.8) is 0 Å². The van der Waals surface area contributed by atoms with Gasteiger partial charge in [-0.25, -0.2) is 0 Å². The summed E-state index contributed by atoms with van der Waals surface area (Å²) >= 11 is 0. The normalized spacial score (nSPS) is 18.5. The molecule has 0 aliphatic carbocycles. The van der Waals surface area contributed by atoms with Crippen molar-refractivity contribution in [1.29, 1.82) is 0 Å². The lowest BCUT2D eigenvalue weighted by molar-refractivity contribution is -0.131. The van der Waals surface area contributed by atoms with E-state index in [2.05, 4.69) is 45.1 Å². The van der Waals surface area contributed by atoms with Gasteiger partial charge in [0.1, 0.15) is 11.6 Å². The van der Waals surface area contributed by atoms with E-state index in [-0.39, 0.29) is 30.5 Å². The molecule has 1 aromatic carbocycles. The summed E-state index contributed by atoms with van der Waals surface area (Å²) in [5, 5.41) is 11.5. The highest BCUT2D eigenvalue weighted by Gasteiger charge is 2.50. The number of epoxide rings is 1. The molecule has 2 aliphatic heterocycles. The Balaban J connectivity index is 0.000000711. The summed E-state index contributed by atoms with van der Waals surface area (Å²) in [7, 11) is 1.39. The van der Waals surface area contributed by atoms with Crippen LogP contribution < -0.4 is 16.0 Å². The third-order valence-corrected chi connectivity index (χ3v) is 7.05. The molecule has 3 atom stereocenters. The van der Waals surface area contributed by atoms with Crippen LogP contribution in [0.25, 0.3) is 0 Å². The molecule has 46 heavy (non-hydrogen) atoms. The smallest absolute Gasteiger partial charge is 0.274 e. The van der Waals surface area contributed by atoms with Gasteiger partial charge in [-0.15, -0.1) is 0 Å². The minimum absolute atomic E-state index is 0.0285. The number of carbonyl (C=O) groups excluding carboxylic acids is 4. The van der Waals surface area contributed by atoms with Crippen molar-refractivity contribution in [3.05, 3.63) is 53.4 Å². The van der Waals surface area contributed by atoms with Crippen molar-refractivity contribution in [1.82, 2.24) is 26.0 Å². The highest BCUT2D eigenvalue weighted by molar-refractivity contribution is 5.98. The fourth-order valence-electron chi connectivity index (χ4n) is 4.45. The molecule has 2 aliphatic rings. The average molecular weight is 646 g/mol. The number of ether oxygens (including phenoxy) is 3. The van der Waals surface area contributed by atoms with Gasteiger partial charge in [0, 0.05) is 26.3 Å². The maximum Gasteiger partial charge on any atom is 0.274 e. The lowest BCUT2D eigenvalue weighted by atomic mass is 9.93. The number of carbonyl (C=O) groups is 4. The quantitative estimate of drug-likeness (QED) is 0.260. The van der Waals surface area contributed by atoms with E-state index >= 15 is 0 Å². The van der Waals surface area contributed by atoms with E-state index < -0.39 is 35.4 Å². The molecule has 2 unspecified atom stereocenters. The molecule has 13 heteroatoms. The molecule has 13 nitrogen and oxygen atoms in total. The highest BCUT2D eigenvalue weighted by atomic mass is 16.6. The maximum absolute atomic E-state index is 12.7. The van der Waals surface area contributed by atoms with Crippen LogP contribution in [0.3, 0.4) is 0 Å². The van der Waals surface area contributed by atoms with Crippen LogP contribution in [0.1, 0.15) is 62.9 Å². The Labute approximate surface area is 272 Å². The number of hydrogen-bond acceptors (Lipinski definition) is 10. The number of aryl methyl sites for hydroxylation is 1. The molecule has 2 fully saturated rings. The number of rotatable bonds is 14. The number of nitrogens with one attached hydrogen (secondary N) is 3. The number of ketones is 1. The van der Waals surface area contributed by atoms with Gasteiger partial charge in [0.2, 0.25) is 11.8 Å². The van der Waals surface area contributed by atoms with Gasteiger partial charge >= 0.3 is 0 Å². The Hall–Kier alpha value is -3.65. The van der Waals surface area contributed by atoms with Gasteiger partial charge in [0.15, 0.2) is 17.2 Å². The molecule has 3 heterocycles. The molecule has 0 spiro atoms. The zero-order chi connectivity index (χ0) is 34.1. The Bertz CT molecular complexity index is 1230. The van der Waals surface area contributed by atoms with E-state index in [1.807, 2.05) is 45.9 Å². The van der Waals surface area contributed by atoms with Gasteiger partial charge in [-0.1, -0.05) is 68.7 Å². The average Bonchev–Trinajstić information content (AvgIpc) is 3.63. The summed E-state index contributed by atoms with van der Waals surface area (Å²) in [5.74, 6) is -1.26. The molecule has 1 aromatic heterocycles. The first-order chi connectivity index (χ1) is 22.0. The molecule has 0 radical (unpaired) electrons. The number of aromatic nitrogens is 1. The number of benzene rings is 1. The van der Waals surface area contributed by atoms with Gasteiger partial charge in [0.25, 0.3) is 5.91 Å². The highest BCUT2D eigenvalue weighted by Crippen LogP contribution is 2.29. The molecule has 4 rings (SSSR count). The van der Waals surface area contributed by atoms with Crippen molar-refractivity contribution in [2.75, 3.05) is 53.2 Å². The van der Waals surface area contributed by atoms with Crippen molar-refractivity contribution < 1.29 is 37.9 Å². The molecular weight excluding hydrogens is 594 g/mol. The number of nitrogens with zero attached hydrogens (tertiary/aromatic N) is 2. The van der Waals surface area contributed by atoms with Crippen LogP contribution in [0.5, 0.6) is 0 Å². The standard InChI is InChI=1S/C24H37N5O8.C7H8.C2H6/c1-15(2)9-17(21(31)24(3)14-36-24)26-20(30)11-25-22(32)19(13-34-4)27-23(33)18-10-16(37-28-18)12-29-5-7-35-8-6-29;1-7-5-3-2-4-6-7;1-2/h10,15,17,19H,5-9,11-14H2,1-4H3,(H,25,32)(H,26,30)(H,27,33);2-6H,1H3;1-2H3/t17?,19?,24-;;/m1../s1. The SMILES string of the molecule is CC.COCC(NC(=O)c1cc(CN2CCOCC2)on1)C(=O)NCC(=O)NC(CC(C)C)C(=O)[C@@]1(C)CO1.Cc1ccccc1. The minimum Gasteiger partial charge on any atom is -0.382 e. The van der Waals surface area contributed by atoms with E-state index in [4.69, 9.17) is 18.7 Å². The Morgan fingerprint density at radius 1 is 1.04 bits per heavy atom. The largest absolute Gasteiger partial charge is 0.382 e. The number of Topliss-reactive ketones (excluding diaryl/α,β-unsaturated/α-hetero) is 1. The predicted molar refractivity (Wildman–Crippen MR) is 172 cm³/mol.